The zero-order valence-electron chi connectivity index (χ0n) is 11.3. The lowest BCUT2D eigenvalue weighted by Gasteiger charge is -2.21. The molecule has 1 heterocycles. The minimum atomic E-state index is -0.788. The Hall–Kier alpha value is -1.46. The molecule has 2 aromatic rings. The number of hydrogen-bond acceptors (Lipinski definition) is 3. The summed E-state index contributed by atoms with van der Waals surface area (Å²) in [4.78, 5) is 13.3. The molecule has 0 spiro atoms. The van der Waals surface area contributed by atoms with Gasteiger partial charge in [0.05, 0.1) is 15.7 Å². The van der Waals surface area contributed by atoms with Crippen LogP contribution in [0.25, 0.3) is 0 Å². The summed E-state index contributed by atoms with van der Waals surface area (Å²) in [5.74, 6) is 0.334. The van der Waals surface area contributed by atoms with Gasteiger partial charge in [0.15, 0.2) is 0 Å². The van der Waals surface area contributed by atoms with Gasteiger partial charge in [-0.25, -0.2) is 0 Å². The van der Waals surface area contributed by atoms with Gasteiger partial charge in [-0.15, -0.1) is 0 Å². The number of aliphatic carboxylic acids is 1. The van der Waals surface area contributed by atoms with Gasteiger partial charge >= 0.3 is 5.97 Å². The van der Waals surface area contributed by atoms with Crippen LogP contribution in [-0.4, -0.2) is 11.1 Å². The Balaban J connectivity index is 1.97. The third-order valence-corrected chi connectivity index (χ3v) is 5.01. The number of halogens is 1. The van der Waals surface area contributed by atoms with Gasteiger partial charge in [0.2, 0.25) is 0 Å². The summed E-state index contributed by atoms with van der Waals surface area (Å²) in [7, 11) is 0. The highest BCUT2D eigenvalue weighted by atomic mass is 79.9. The number of benzene rings is 2. The molecule has 0 radical (unpaired) electrons. The quantitative estimate of drug-likeness (QED) is 0.686. The molecule has 1 atom stereocenters. The van der Waals surface area contributed by atoms with Crippen LogP contribution in [0.3, 0.4) is 0 Å². The molecule has 2 aromatic carbocycles. The highest BCUT2D eigenvalue weighted by Gasteiger charge is 2.22. The first-order valence-corrected chi connectivity index (χ1v) is 8.21. The SMILES string of the molecule is CCC(C(=O)O)c1ccc2c(c1)Sc1ccc(Br)cc1O2. The Kier molecular flexibility index (Phi) is 3.95. The van der Waals surface area contributed by atoms with Crippen molar-refractivity contribution in [3.05, 3.63) is 46.4 Å². The van der Waals surface area contributed by atoms with Gasteiger partial charge in [0.1, 0.15) is 11.5 Å². The standard InChI is InChI=1S/C16H13BrO3S/c1-2-11(16(18)19)9-3-5-12-15(7-9)21-14-6-4-10(17)8-13(14)20-12/h3-8,11H,2H2,1H3,(H,18,19). The number of hydrogen-bond donors (Lipinski definition) is 1. The normalized spacial score (nSPS) is 13.8. The average molecular weight is 365 g/mol. The largest absolute Gasteiger partial charge is 0.481 e. The lowest BCUT2D eigenvalue weighted by molar-refractivity contribution is -0.138. The minimum absolute atomic E-state index is 0.470. The van der Waals surface area contributed by atoms with Crippen LogP contribution in [0.1, 0.15) is 24.8 Å². The van der Waals surface area contributed by atoms with Crippen LogP contribution < -0.4 is 4.74 Å². The summed E-state index contributed by atoms with van der Waals surface area (Å²) in [6.45, 7) is 1.88. The van der Waals surface area contributed by atoms with Crippen LogP contribution in [0.15, 0.2) is 50.7 Å². The molecule has 0 amide bonds. The van der Waals surface area contributed by atoms with Crippen molar-refractivity contribution in [3.63, 3.8) is 0 Å². The molecule has 1 N–H and O–H groups in total. The number of carbonyl (C=O) groups is 1. The second-order valence-corrected chi connectivity index (χ2v) is 6.80. The smallest absolute Gasteiger partial charge is 0.310 e. The molecule has 0 saturated carbocycles. The van der Waals surface area contributed by atoms with Crippen molar-refractivity contribution in [1.82, 2.24) is 0 Å². The Bertz CT molecular complexity index is 715. The van der Waals surface area contributed by atoms with Gasteiger partial charge in [0.25, 0.3) is 0 Å². The molecule has 0 aromatic heterocycles. The Labute approximate surface area is 135 Å². The highest BCUT2D eigenvalue weighted by Crippen LogP contribution is 2.48. The molecule has 0 saturated heterocycles. The molecular weight excluding hydrogens is 352 g/mol. The molecule has 0 aliphatic carbocycles. The lowest BCUT2D eigenvalue weighted by Crippen LogP contribution is -2.10. The molecule has 1 aliphatic heterocycles. The van der Waals surface area contributed by atoms with Gasteiger partial charge < -0.3 is 9.84 Å². The van der Waals surface area contributed by atoms with Crippen LogP contribution in [0.5, 0.6) is 11.5 Å². The molecule has 5 heteroatoms. The van der Waals surface area contributed by atoms with Crippen LogP contribution in [-0.2, 0) is 4.79 Å². The van der Waals surface area contributed by atoms with Crippen molar-refractivity contribution >= 4 is 33.7 Å². The zero-order chi connectivity index (χ0) is 15.0. The van der Waals surface area contributed by atoms with E-state index in [0.717, 1.165) is 31.3 Å². The maximum Gasteiger partial charge on any atom is 0.310 e. The predicted octanol–water partition coefficient (Wildman–Crippen LogP) is 5.28. The average Bonchev–Trinajstić information content (AvgIpc) is 2.45. The van der Waals surface area contributed by atoms with Crippen molar-refractivity contribution in [3.8, 4) is 11.5 Å². The van der Waals surface area contributed by atoms with Crippen LogP contribution in [0.2, 0.25) is 0 Å². The number of carboxylic acids is 1. The van der Waals surface area contributed by atoms with Crippen molar-refractivity contribution in [2.45, 2.75) is 29.1 Å². The van der Waals surface area contributed by atoms with Gasteiger partial charge in [-0.05, 0) is 42.3 Å². The van der Waals surface area contributed by atoms with Crippen molar-refractivity contribution in [1.29, 1.82) is 0 Å². The predicted molar refractivity (Wildman–Crippen MR) is 85.4 cm³/mol. The Morgan fingerprint density at radius 1 is 1.24 bits per heavy atom. The van der Waals surface area contributed by atoms with Crippen molar-refractivity contribution in [2.24, 2.45) is 0 Å². The number of ether oxygens (including phenoxy) is 1. The van der Waals surface area contributed by atoms with Gasteiger partial charge in [-0.1, -0.05) is 40.7 Å². The maximum atomic E-state index is 11.3. The van der Waals surface area contributed by atoms with Crippen LogP contribution in [0.4, 0.5) is 0 Å². The first kappa shape index (κ1) is 14.5. The second-order valence-electron chi connectivity index (χ2n) is 4.80. The third kappa shape index (κ3) is 2.80. The summed E-state index contributed by atoms with van der Waals surface area (Å²) in [6, 6.07) is 11.5. The second kappa shape index (κ2) is 5.73. The molecule has 1 aliphatic rings. The van der Waals surface area contributed by atoms with Crippen LogP contribution in [0, 0.1) is 0 Å². The Morgan fingerprint density at radius 2 is 2.05 bits per heavy atom. The van der Waals surface area contributed by atoms with E-state index in [2.05, 4.69) is 15.9 Å². The van der Waals surface area contributed by atoms with E-state index in [1.807, 2.05) is 43.3 Å². The molecule has 108 valence electrons. The van der Waals surface area contributed by atoms with Gasteiger partial charge in [-0.3, -0.25) is 4.79 Å². The maximum absolute atomic E-state index is 11.3. The fourth-order valence-electron chi connectivity index (χ4n) is 2.34. The number of fused-ring (bicyclic) bond motifs is 2. The molecular formula is C16H13BrO3S. The summed E-state index contributed by atoms with van der Waals surface area (Å²) in [5.41, 5.74) is 0.820. The summed E-state index contributed by atoms with van der Waals surface area (Å²) >= 11 is 5.04. The van der Waals surface area contributed by atoms with Gasteiger partial charge in [-0.2, -0.15) is 0 Å². The number of carboxylic acid groups (broad SMARTS) is 1. The fraction of sp³-hybridized carbons (Fsp3) is 0.188. The van der Waals surface area contributed by atoms with E-state index in [4.69, 9.17) is 4.74 Å². The molecule has 1 unspecified atom stereocenters. The highest BCUT2D eigenvalue weighted by molar-refractivity contribution is 9.10. The molecule has 21 heavy (non-hydrogen) atoms. The zero-order valence-corrected chi connectivity index (χ0v) is 13.7. The molecule has 0 bridgehead atoms. The molecule has 3 rings (SSSR count). The first-order chi connectivity index (χ1) is 10.1. The van der Waals surface area contributed by atoms with Crippen molar-refractivity contribution < 1.29 is 14.6 Å². The van der Waals surface area contributed by atoms with E-state index >= 15 is 0 Å². The summed E-state index contributed by atoms with van der Waals surface area (Å²) in [6.07, 6.45) is 0.573. The topological polar surface area (TPSA) is 46.5 Å². The monoisotopic (exact) mass is 364 g/mol. The fourth-order valence-corrected chi connectivity index (χ4v) is 3.66. The van der Waals surface area contributed by atoms with E-state index in [1.165, 1.54) is 0 Å². The van der Waals surface area contributed by atoms with Crippen molar-refractivity contribution in [2.75, 3.05) is 0 Å². The minimum Gasteiger partial charge on any atom is -0.481 e. The summed E-state index contributed by atoms with van der Waals surface area (Å²) < 4.78 is 6.86. The first-order valence-electron chi connectivity index (χ1n) is 6.60. The third-order valence-electron chi connectivity index (χ3n) is 3.42. The molecule has 0 fully saturated rings. The summed E-state index contributed by atoms with van der Waals surface area (Å²) in [5, 5.41) is 9.28. The molecule has 3 nitrogen and oxygen atoms in total. The number of rotatable bonds is 3. The van der Waals surface area contributed by atoms with Gasteiger partial charge in [0, 0.05) is 4.47 Å². The van der Waals surface area contributed by atoms with E-state index in [-0.39, 0.29) is 0 Å². The lowest BCUT2D eigenvalue weighted by atomic mass is 9.97. The van der Waals surface area contributed by atoms with E-state index in [1.54, 1.807) is 11.8 Å². The van der Waals surface area contributed by atoms with Crippen LogP contribution >= 0.6 is 27.7 Å². The van der Waals surface area contributed by atoms with E-state index < -0.39 is 11.9 Å². The van der Waals surface area contributed by atoms with E-state index in [9.17, 15) is 9.90 Å². The van der Waals surface area contributed by atoms with E-state index in [0.29, 0.717) is 6.42 Å². The Morgan fingerprint density at radius 3 is 2.76 bits per heavy atom.